The van der Waals surface area contributed by atoms with E-state index < -0.39 is 0 Å². The molecule has 0 aliphatic heterocycles. The lowest BCUT2D eigenvalue weighted by Gasteiger charge is -2.08. The third kappa shape index (κ3) is 2.48. The Kier molecular flexibility index (Phi) is 3.58. The number of aromatic nitrogens is 3. The maximum Gasteiger partial charge on any atom is 0.144 e. The Hall–Kier alpha value is -2.35. The third-order valence-electron chi connectivity index (χ3n) is 2.87. The first kappa shape index (κ1) is 12.1. The van der Waals surface area contributed by atoms with E-state index in [-0.39, 0.29) is 0 Å². The standard InChI is InChI=1S/C13H15N5/c1-10-3-6-15-13(12(10)9-14)16-7-4-11-5-8-17-18(11)2/h3,5-6,8H,4,7H2,1-2H3,(H,15,16). The van der Waals surface area contributed by atoms with Crippen LogP contribution in [0.2, 0.25) is 0 Å². The smallest absolute Gasteiger partial charge is 0.144 e. The Balaban J connectivity index is 2.01. The summed E-state index contributed by atoms with van der Waals surface area (Å²) in [6.45, 7) is 2.64. The minimum atomic E-state index is 0.613. The molecule has 0 saturated heterocycles. The summed E-state index contributed by atoms with van der Waals surface area (Å²) in [5.41, 5.74) is 2.70. The summed E-state index contributed by atoms with van der Waals surface area (Å²) in [5, 5.41) is 16.4. The molecule has 2 heterocycles. The highest BCUT2D eigenvalue weighted by molar-refractivity contribution is 5.55. The number of nitrogens with one attached hydrogen (secondary N) is 1. The molecule has 0 spiro atoms. The lowest BCUT2D eigenvalue weighted by atomic mass is 10.1. The Morgan fingerprint density at radius 3 is 2.89 bits per heavy atom. The van der Waals surface area contributed by atoms with E-state index in [4.69, 9.17) is 5.26 Å². The van der Waals surface area contributed by atoms with Gasteiger partial charge in [0.15, 0.2) is 0 Å². The number of aryl methyl sites for hydroxylation is 2. The Morgan fingerprint density at radius 1 is 1.39 bits per heavy atom. The van der Waals surface area contributed by atoms with Crippen LogP contribution in [0.5, 0.6) is 0 Å². The molecule has 0 aliphatic rings. The first-order valence-corrected chi connectivity index (χ1v) is 5.79. The van der Waals surface area contributed by atoms with Gasteiger partial charge in [-0.3, -0.25) is 4.68 Å². The third-order valence-corrected chi connectivity index (χ3v) is 2.87. The van der Waals surface area contributed by atoms with Crippen molar-refractivity contribution in [2.75, 3.05) is 11.9 Å². The summed E-state index contributed by atoms with van der Waals surface area (Å²) < 4.78 is 1.84. The van der Waals surface area contributed by atoms with Gasteiger partial charge in [0.2, 0.25) is 0 Å². The van der Waals surface area contributed by atoms with Gasteiger partial charge in [-0.1, -0.05) is 0 Å². The van der Waals surface area contributed by atoms with E-state index in [9.17, 15) is 0 Å². The van der Waals surface area contributed by atoms with Gasteiger partial charge >= 0.3 is 0 Å². The highest BCUT2D eigenvalue weighted by Crippen LogP contribution is 2.14. The summed E-state index contributed by atoms with van der Waals surface area (Å²) >= 11 is 0. The van der Waals surface area contributed by atoms with Crippen molar-refractivity contribution in [1.82, 2.24) is 14.8 Å². The zero-order valence-electron chi connectivity index (χ0n) is 10.5. The van der Waals surface area contributed by atoms with Gasteiger partial charge in [0, 0.05) is 38.1 Å². The first-order chi connectivity index (χ1) is 8.72. The monoisotopic (exact) mass is 241 g/mol. The van der Waals surface area contributed by atoms with Crippen LogP contribution in [0, 0.1) is 18.3 Å². The van der Waals surface area contributed by atoms with Gasteiger partial charge in [0.25, 0.3) is 0 Å². The maximum atomic E-state index is 9.08. The van der Waals surface area contributed by atoms with Crippen LogP contribution in [0.1, 0.15) is 16.8 Å². The van der Waals surface area contributed by atoms with Gasteiger partial charge in [-0.15, -0.1) is 0 Å². The largest absolute Gasteiger partial charge is 0.369 e. The lowest BCUT2D eigenvalue weighted by Crippen LogP contribution is -2.10. The van der Waals surface area contributed by atoms with Crippen molar-refractivity contribution < 1.29 is 0 Å². The predicted octanol–water partition coefficient (Wildman–Crippen LogP) is 1.65. The molecule has 0 unspecified atom stereocenters. The summed E-state index contributed by atoms with van der Waals surface area (Å²) in [7, 11) is 1.92. The first-order valence-electron chi connectivity index (χ1n) is 5.79. The second kappa shape index (κ2) is 5.32. The molecule has 2 rings (SSSR count). The van der Waals surface area contributed by atoms with Crippen molar-refractivity contribution in [3.63, 3.8) is 0 Å². The molecular formula is C13H15N5. The fourth-order valence-electron chi connectivity index (χ4n) is 1.79. The molecule has 2 aromatic heterocycles. The van der Waals surface area contributed by atoms with E-state index in [0.29, 0.717) is 11.4 Å². The van der Waals surface area contributed by atoms with E-state index in [0.717, 1.165) is 24.2 Å². The minimum Gasteiger partial charge on any atom is -0.369 e. The minimum absolute atomic E-state index is 0.613. The molecule has 0 saturated carbocycles. The quantitative estimate of drug-likeness (QED) is 0.883. The summed E-state index contributed by atoms with van der Waals surface area (Å²) in [5.74, 6) is 0.652. The van der Waals surface area contributed by atoms with Gasteiger partial charge in [-0.25, -0.2) is 4.98 Å². The summed E-state index contributed by atoms with van der Waals surface area (Å²) in [6, 6.07) is 6.00. The molecule has 0 aromatic carbocycles. The van der Waals surface area contributed by atoms with Crippen LogP contribution in [-0.2, 0) is 13.5 Å². The van der Waals surface area contributed by atoms with Gasteiger partial charge in [0.1, 0.15) is 11.9 Å². The van der Waals surface area contributed by atoms with Crippen LogP contribution >= 0.6 is 0 Å². The van der Waals surface area contributed by atoms with Crippen molar-refractivity contribution in [3.8, 4) is 6.07 Å². The Labute approximate surface area is 106 Å². The zero-order valence-corrected chi connectivity index (χ0v) is 10.5. The normalized spacial score (nSPS) is 10.1. The van der Waals surface area contributed by atoms with Crippen LogP contribution in [-0.4, -0.2) is 21.3 Å². The number of rotatable bonds is 4. The van der Waals surface area contributed by atoms with E-state index >= 15 is 0 Å². The molecule has 2 aromatic rings. The van der Waals surface area contributed by atoms with Crippen molar-refractivity contribution in [3.05, 3.63) is 41.3 Å². The molecule has 0 atom stereocenters. The number of hydrogen-bond acceptors (Lipinski definition) is 4. The molecule has 0 aliphatic carbocycles. The highest BCUT2D eigenvalue weighted by Gasteiger charge is 2.06. The molecule has 0 radical (unpaired) electrons. The maximum absolute atomic E-state index is 9.08. The van der Waals surface area contributed by atoms with E-state index in [1.54, 1.807) is 12.4 Å². The van der Waals surface area contributed by atoms with Gasteiger partial charge in [0.05, 0.1) is 5.56 Å². The molecule has 18 heavy (non-hydrogen) atoms. The van der Waals surface area contributed by atoms with Crippen molar-refractivity contribution in [2.24, 2.45) is 7.05 Å². The number of hydrogen-bond donors (Lipinski definition) is 1. The average molecular weight is 241 g/mol. The molecule has 0 amide bonds. The van der Waals surface area contributed by atoms with Gasteiger partial charge in [-0.05, 0) is 24.6 Å². The van der Waals surface area contributed by atoms with Gasteiger partial charge < -0.3 is 5.32 Å². The highest BCUT2D eigenvalue weighted by atomic mass is 15.3. The van der Waals surface area contributed by atoms with Crippen molar-refractivity contribution in [1.29, 1.82) is 5.26 Å². The molecule has 0 fully saturated rings. The second-order valence-corrected chi connectivity index (χ2v) is 4.09. The van der Waals surface area contributed by atoms with Crippen LogP contribution in [0.3, 0.4) is 0 Å². The van der Waals surface area contributed by atoms with Crippen molar-refractivity contribution in [2.45, 2.75) is 13.3 Å². The van der Waals surface area contributed by atoms with Crippen LogP contribution in [0.25, 0.3) is 0 Å². The van der Waals surface area contributed by atoms with Gasteiger partial charge in [-0.2, -0.15) is 10.4 Å². The number of nitriles is 1. The Morgan fingerprint density at radius 2 is 2.22 bits per heavy atom. The number of nitrogens with zero attached hydrogens (tertiary/aromatic N) is 4. The number of pyridine rings is 1. The van der Waals surface area contributed by atoms with E-state index in [2.05, 4.69) is 21.5 Å². The molecule has 0 bridgehead atoms. The SMILES string of the molecule is Cc1ccnc(NCCc2ccnn2C)c1C#N. The predicted molar refractivity (Wildman–Crippen MR) is 69.1 cm³/mol. The Bertz CT molecular complexity index is 579. The molecule has 5 heteroatoms. The van der Waals surface area contributed by atoms with Crippen LogP contribution in [0.4, 0.5) is 5.82 Å². The average Bonchev–Trinajstić information content (AvgIpc) is 2.75. The van der Waals surface area contributed by atoms with Crippen molar-refractivity contribution >= 4 is 5.82 Å². The molecule has 1 N–H and O–H groups in total. The molecule has 5 nitrogen and oxygen atoms in total. The topological polar surface area (TPSA) is 66.5 Å². The van der Waals surface area contributed by atoms with E-state index in [1.165, 1.54) is 0 Å². The second-order valence-electron chi connectivity index (χ2n) is 4.09. The van der Waals surface area contributed by atoms with Crippen LogP contribution < -0.4 is 5.32 Å². The number of anilines is 1. The summed E-state index contributed by atoms with van der Waals surface area (Å²) in [6.07, 6.45) is 4.33. The summed E-state index contributed by atoms with van der Waals surface area (Å²) in [4.78, 5) is 4.20. The fraction of sp³-hybridized carbons (Fsp3) is 0.308. The molecule has 92 valence electrons. The lowest BCUT2D eigenvalue weighted by molar-refractivity contribution is 0.711. The van der Waals surface area contributed by atoms with E-state index in [1.807, 2.05) is 30.8 Å². The fourth-order valence-corrected chi connectivity index (χ4v) is 1.79. The van der Waals surface area contributed by atoms with Crippen LogP contribution in [0.15, 0.2) is 24.5 Å². The zero-order chi connectivity index (χ0) is 13.0. The molecular weight excluding hydrogens is 226 g/mol.